The molecule has 0 unspecified atom stereocenters. The van der Waals surface area contributed by atoms with Crippen LogP contribution in [0.1, 0.15) is 11.1 Å². The average Bonchev–Trinajstić information content (AvgIpc) is 3.11. The zero-order valence-electron chi connectivity index (χ0n) is 17.6. The van der Waals surface area contributed by atoms with Crippen LogP contribution in [0.15, 0.2) is 97.2 Å². The Morgan fingerprint density at radius 1 is 0.677 bits per heavy atom. The molecule has 0 spiro atoms. The van der Waals surface area contributed by atoms with Crippen LogP contribution in [-0.2, 0) is 0 Å². The van der Waals surface area contributed by atoms with Crippen LogP contribution in [-0.4, -0.2) is 9.55 Å². The Kier molecular flexibility index (Phi) is 3.94. The summed E-state index contributed by atoms with van der Waals surface area (Å²) in [5.74, 6) is 0. The smallest absolute Gasteiger partial charge is 0.0970 e. The second kappa shape index (κ2) is 6.82. The van der Waals surface area contributed by atoms with E-state index in [1.54, 1.807) is 0 Å². The van der Waals surface area contributed by atoms with E-state index in [9.17, 15) is 0 Å². The molecule has 0 fully saturated rings. The first-order valence-corrected chi connectivity index (χ1v) is 10.7. The van der Waals surface area contributed by atoms with Crippen molar-refractivity contribution in [1.82, 2.24) is 9.55 Å². The van der Waals surface area contributed by atoms with Crippen LogP contribution in [0.3, 0.4) is 0 Å². The third-order valence-electron chi connectivity index (χ3n) is 6.26. The van der Waals surface area contributed by atoms with Gasteiger partial charge < -0.3 is 4.57 Å². The molecular formula is C29H22N2. The normalized spacial score (nSPS) is 11.5. The Hall–Kier alpha value is -3.91. The molecule has 148 valence electrons. The maximum atomic E-state index is 4.89. The summed E-state index contributed by atoms with van der Waals surface area (Å²) in [6, 6.07) is 32.5. The van der Waals surface area contributed by atoms with Crippen LogP contribution < -0.4 is 0 Å². The molecule has 0 saturated carbocycles. The molecule has 0 aliphatic carbocycles. The Bertz CT molecular complexity index is 1570. The molecular weight excluding hydrogens is 376 g/mol. The van der Waals surface area contributed by atoms with Gasteiger partial charge in [0.1, 0.15) is 0 Å². The Balaban J connectivity index is 1.88. The summed E-state index contributed by atoms with van der Waals surface area (Å²) < 4.78 is 2.43. The quantitative estimate of drug-likeness (QED) is 0.293. The molecule has 2 nitrogen and oxygen atoms in total. The molecule has 2 heterocycles. The van der Waals surface area contributed by atoms with Crippen LogP contribution in [0.25, 0.3) is 49.5 Å². The van der Waals surface area contributed by atoms with Crippen LogP contribution in [0.5, 0.6) is 0 Å². The van der Waals surface area contributed by atoms with E-state index >= 15 is 0 Å². The van der Waals surface area contributed by atoms with E-state index < -0.39 is 0 Å². The van der Waals surface area contributed by atoms with Gasteiger partial charge in [0, 0.05) is 17.1 Å². The standard InChI is InChI=1S/C29H22N2/c1-19-9-8-10-20(2)28(19)31-26-18-23-14-7-6-13-22(23)17-25(26)27-29(31)24(15-16-30-27)21-11-4-3-5-12-21/h3-18H,1-2H3. The van der Waals surface area contributed by atoms with Crippen LogP contribution in [0.4, 0.5) is 0 Å². The Morgan fingerprint density at radius 2 is 1.35 bits per heavy atom. The first-order valence-electron chi connectivity index (χ1n) is 10.7. The largest absolute Gasteiger partial charge is 0.307 e. The fraction of sp³-hybridized carbons (Fsp3) is 0.0690. The molecule has 0 atom stereocenters. The maximum Gasteiger partial charge on any atom is 0.0970 e. The molecule has 0 radical (unpaired) electrons. The van der Waals surface area contributed by atoms with Gasteiger partial charge in [-0.05, 0) is 59.5 Å². The van der Waals surface area contributed by atoms with E-state index in [-0.39, 0.29) is 0 Å². The van der Waals surface area contributed by atoms with Crippen LogP contribution in [0.2, 0.25) is 0 Å². The van der Waals surface area contributed by atoms with Gasteiger partial charge in [-0.25, -0.2) is 0 Å². The number of aryl methyl sites for hydroxylation is 2. The lowest BCUT2D eigenvalue weighted by atomic mass is 10.0. The first kappa shape index (κ1) is 17.9. The van der Waals surface area contributed by atoms with Gasteiger partial charge in [-0.15, -0.1) is 0 Å². The van der Waals surface area contributed by atoms with Gasteiger partial charge in [0.25, 0.3) is 0 Å². The van der Waals surface area contributed by atoms with Gasteiger partial charge in [-0.2, -0.15) is 0 Å². The number of nitrogens with zero attached hydrogens (tertiary/aromatic N) is 2. The Labute approximate surface area is 181 Å². The molecule has 0 N–H and O–H groups in total. The van der Waals surface area contributed by atoms with Crippen molar-refractivity contribution >= 4 is 32.7 Å². The summed E-state index contributed by atoms with van der Waals surface area (Å²) in [7, 11) is 0. The number of para-hydroxylation sites is 1. The summed E-state index contributed by atoms with van der Waals surface area (Å²) in [6.45, 7) is 4.39. The lowest BCUT2D eigenvalue weighted by Crippen LogP contribution is -2.01. The lowest BCUT2D eigenvalue weighted by molar-refractivity contribution is 1.12. The summed E-state index contributed by atoms with van der Waals surface area (Å²) in [4.78, 5) is 4.89. The maximum absolute atomic E-state index is 4.89. The molecule has 2 aromatic heterocycles. The summed E-state index contributed by atoms with van der Waals surface area (Å²) in [5, 5.41) is 3.67. The molecule has 0 aliphatic rings. The van der Waals surface area contributed by atoms with Crippen molar-refractivity contribution in [3.63, 3.8) is 0 Å². The van der Waals surface area contributed by atoms with Crippen molar-refractivity contribution in [2.24, 2.45) is 0 Å². The number of pyridine rings is 1. The third kappa shape index (κ3) is 2.69. The SMILES string of the molecule is Cc1cccc(C)c1-n1c2cc3ccccc3cc2c2nccc(-c3ccccc3)c21. The van der Waals surface area contributed by atoms with Gasteiger partial charge in [-0.3, -0.25) is 4.98 Å². The van der Waals surface area contributed by atoms with Gasteiger partial charge in [0.2, 0.25) is 0 Å². The highest BCUT2D eigenvalue weighted by molar-refractivity contribution is 6.15. The molecule has 31 heavy (non-hydrogen) atoms. The number of rotatable bonds is 2. The van der Waals surface area contributed by atoms with Gasteiger partial charge in [-0.1, -0.05) is 72.8 Å². The molecule has 6 aromatic rings. The number of hydrogen-bond acceptors (Lipinski definition) is 1. The lowest BCUT2D eigenvalue weighted by Gasteiger charge is -2.16. The van der Waals surface area contributed by atoms with E-state index in [2.05, 4.69) is 109 Å². The predicted octanol–water partition coefficient (Wildman–Crippen LogP) is 7.62. The minimum Gasteiger partial charge on any atom is -0.307 e. The third-order valence-corrected chi connectivity index (χ3v) is 6.26. The number of hydrogen-bond donors (Lipinski definition) is 0. The monoisotopic (exact) mass is 398 g/mol. The second-order valence-electron chi connectivity index (χ2n) is 8.21. The van der Waals surface area contributed by atoms with Crippen LogP contribution >= 0.6 is 0 Å². The van der Waals surface area contributed by atoms with Crippen molar-refractivity contribution in [2.75, 3.05) is 0 Å². The second-order valence-corrected chi connectivity index (χ2v) is 8.21. The van der Waals surface area contributed by atoms with Gasteiger partial charge in [0.05, 0.1) is 22.2 Å². The summed E-state index contributed by atoms with van der Waals surface area (Å²) >= 11 is 0. The Morgan fingerprint density at radius 3 is 2.10 bits per heavy atom. The zero-order valence-corrected chi connectivity index (χ0v) is 17.6. The van der Waals surface area contributed by atoms with E-state index in [0.29, 0.717) is 0 Å². The predicted molar refractivity (Wildman–Crippen MR) is 131 cm³/mol. The molecule has 0 amide bonds. The molecule has 0 saturated heterocycles. The molecule has 0 bridgehead atoms. The van der Waals surface area contributed by atoms with Gasteiger partial charge in [0.15, 0.2) is 0 Å². The zero-order chi connectivity index (χ0) is 20.9. The number of fused-ring (bicyclic) bond motifs is 4. The minimum atomic E-state index is 1.05. The van der Waals surface area contributed by atoms with Gasteiger partial charge >= 0.3 is 0 Å². The molecule has 2 heteroatoms. The van der Waals surface area contributed by atoms with E-state index in [4.69, 9.17) is 4.98 Å². The first-order chi connectivity index (χ1) is 15.2. The van der Waals surface area contributed by atoms with Crippen molar-refractivity contribution < 1.29 is 0 Å². The summed E-state index contributed by atoms with van der Waals surface area (Å²) in [5.41, 5.74) is 9.57. The van der Waals surface area contributed by atoms with E-state index in [1.165, 1.54) is 49.6 Å². The molecule has 4 aromatic carbocycles. The van der Waals surface area contributed by atoms with Crippen LogP contribution in [0, 0.1) is 13.8 Å². The summed E-state index contributed by atoms with van der Waals surface area (Å²) in [6.07, 6.45) is 1.94. The van der Waals surface area contributed by atoms with E-state index in [1.807, 2.05) is 6.20 Å². The fourth-order valence-electron chi connectivity index (χ4n) is 4.84. The number of aromatic nitrogens is 2. The highest BCUT2D eigenvalue weighted by atomic mass is 15.0. The van der Waals surface area contributed by atoms with Crippen molar-refractivity contribution in [3.05, 3.63) is 108 Å². The topological polar surface area (TPSA) is 17.8 Å². The number of benzene rings is 4. The average molecular weight is 399 g/mol. The molecule has 0 aliphatic heterocycles. The van der Waals surface area contributed by atoms with E-state index in [0.717, 1.165) is 11.0 Å². The fourth-order valence-corrected chi connectivity index (χ4v) is 4.84. The minimum absolute atomic E-state index is 1.05. The van der Waals surface area contributed by atoms with Crippen molar-refractivity contribution in [2.45, 2.75) is 13.8 Å². The van der Waals surface area contributed by atoms with Crippen molar-refractivity contribution in [3.8, 4) is 16.8 Å². The van der Waals surface area contributed by atoms with Crippen molar-refractivity contribution in [1.29, 1.82) is 0 Å². The highest BCUT2D eigenvalue weighted by Gasteiger charge is 2.20. The highest BCUT2D eigenvalue weighted by Crippen LogP contribution is 2.39. The molecule has 6 rings (SSSR count).